The minimum Gasteiger partial charge on any atom is -0.407 e. The van der Waals surface area contributed by atoms with Gasteiger partial charge in [-0.05, 0) is 33.1 Å². The first-order chi connectivity index (χ1) is 7.59. The van der Waals surface area contributed by atoms with Crippen LogP contribution in [0.4, 0.5) is 6.01 Å². The van der Waals surface area contributed by atoms with Crippen molar-refractivity contribution in [2.24, 2.45) is 0 Å². The Morgan fingerprint density at radius 1 is 1.38 bits per heavy atom. The zero-order chi connectivity index (χ0) is 11.6. The third-order valence-corrected chi connectivity index (χ3v) is 2.92. The summed E-state index contributed by atoms with van der Waals surface area (Å²) < 4.78 is 5.50. The molecule has 5 heteroatoms. The molecule has 0 bridgehead atoms. The maximum atomic E-state index is 5.50. The molecule has 0 unspecified atom stereocenters. The van der Waals surface area contributed by atoms with E-state index in [2.05, 4.69) is 41.6 Å². The summed E-state index contributed by atoms with van der Waals surface area (Å²) in [7, 11) is 0. The van der Waals surface area contributed by atoms with E-state index in [-0.39, 0.29) is 5.54 Å². The Labute approximate surface area is 96.0 Å². The molecule has 1 aliphatic rings. The molecule has 0 atom stereocenters. The summed E-state index contributed by atoms with van der Waals surface area (Å²) in [6.45, 7) is 7.02. The molecule has 1 heterocycles. The molecule has 0 radical (unpaired) electrons. The SMILES string of the molecule is CCC(C)(C)Nc1nnc(CNC2CC2)o1. The zero-order valence-electron chi connectivity index (χ0n) is 10.2. The van der Waals surface area contributed by atoms with E-state index in [9.17, 15) is 0 Å². The van der Waals surface area contributed by atoms with Gasteiger partial charge in [0, 0.05) is 11.6 Å². The molecular formula is C11H20N4O. The van der Waals surface area contributed by atoms with E-state index in [0.717, 1.165) is 6.42 Å². The van der Waals surface area contributed by atoms with E-state index < -0.39 is 0 Å². The molecule has 2 rings (SSSR count). The van der Waals surface area contributed by atoms with Crippen LogP contribution in [-0.4, -0.2) is 21.8 Å². The van der Waals surface area contributed by atoms with Crippen LogP contribution in [0.25, 0.3) is 0 Å². The van der Waals surface area contributed by atoms with Crippen molar-refractivity contribution in [1.29, 1.82) is 0 Å². The number of rotatable bonds is 6. The lowest BCUT2D eigenvalue weighted by atomic mass is 10.0. The normalized spacial score (nSPS) is 16.4. The maximum absolute atomic E-state index is 5.50. The summed E-state index contributed by atoms with van der Waals surface area (Å²) >= 11 is 0. The molecule has 1 fully saturated rings. The van der Waals surface area contributed by atoms with Gasteiger partial charge < -0.3 is 15.1 Å². The summed E-state index contributed by atoms with van der Waals surface area (Å²) in [5.74, 6) is 0.654. The van der Waals surface area contributed by atoms with E-state index in [4.69, 9.17) is 4.42 Å². The molecule has 2 N–H and O–H groups in total. The molecule has 0 aliphatic heterocycles. The lowest BCUT2D eigenvalue weighted by Gasteiger charge is -2.22. The topological polar surface area (TPSA) is 63.0 Å². The van der Waals surface area contributed by atoms with Crippen LogP contribution in [0.1, 0.15) is 45.9 Å². The Balaban J connectivity index is 1.85. The fourth-order valence-electron chi connectivity index (χ4n) is 1.27. The largest absolute Gasteiger partial charge is 0.407 e. The van der Waals surface area contributed by atoms with Gasteiger partial charge in [0.1, 0.15) is 0 Å². The first-order valence-electron chi connectivity index (χ1n) is 5.93. The van der Waals surface area contributed by atoms with Crippen LogP contribution >= 0.6 is 0 Å². The summed E-state index contributed by atoms with van der Waals surface area (Å²) in [5, 5.41) is 14.5. The Hall–Kier alpha value is -1.10. The maximum Gasteiger partial charge on any atom is 0.315 e. The molecule has 1 saturated carbocycles. The number of nitrogens with one attached hydrogen (secondary N) is 2. The van der Waals surface area contributed by atoms with Crippen molar-refractivity contribution in [3.63, 3.8) is 0 Å². The van der Waals surface area contributed by atoms with Gasteiger partial charge in [-0.1, -0.05) is 12.0 Å². The van der Waals surface area contributed by atoms with Crippen molar-refractivity contribution >= 4 is 6.01 Å². The van der Waals surface area contributed by atoms with Crippen LogP contribution in [0.15, 0.2) is 4.42 Å². The van der Waals surface area contributed by atoms with Crippen LogP contribution in [0.2, 0.25) is 0 Å². The fourth-order valence-corrected chi connectivity index (χ4v) is 1.27. The minimum absolute atomic E-state index is 0.00623. The van der Waals surface area contributed by atoms with Crippen molar-refractivity contribution in [1.82, 2.24) is 15.5 Å². The van der Waals surface area contributed by atoms with Crippen molar-refractivity contribution in [2.45, 2.75) is 58.2 Å². The lowest BCUT2D eigenvalue weighted by molar-refractivity contribution is 0.453. The van der Waals surface area contributed by atoms with Crippen LogP contribution < -0.4 is 10.6 Å². The van der Waals surface area contributed by atoms with Crippen LogP contribution in [0.3, 0.4) is 0 Å². The van der Waals surface area contributed by atoms with Gasteiger partial charge in [-0.25, -0.2) is 0 Å². The molecular weight excluding hydrogens is 204 g/mol. The van der Waals surface area contributed by atoms with Gasteiger partial charge >= 0.3 is 6.01 Å². The third-order valence-electron chi connectivity index (χ3n) is 2.92. The van der Waals surface area contributed by atoms with Crippen molar-refractivity contribution in [3.05, 3.63) is 5.89 Å². The Bertz CT molecular complexity index is 344. The first kappa shape index (κ1) is 11.4. The average molecular weight is 224 g/mol. The van der Waals surface area contributed by atoms with E-state index in [1.165, 1.54) is 12.8 Å². The highest BCUT2D eigenvalue weighted by atomic mass is 16.4. The van der Waals surface area contributed by atoms with Crippen LogP contribution in [0, 0.1) is 0 Å². The smallest absolute Gasteiger partial charge is 0.315 e. The van der Waals surface area contributed by atoms with Crippen LogP contribution in [0.5, 0.6) is 0 Å². The molecule has 0 aromatic carbocycles. The molecule has 5 nitrogen and oxygen atoms in total. The predicted octanol–water partition coefficient (Wildman–Crippen LogP) is 1.92. The number of anilines is 1. The van der Waals surface area contributed by atoms with E-state index in [0.29, 0.717) is 24.5 Å². The summed E-state index contributed by atoms with van der Waals surface area (Å²) in [6, 6.07) is 1.18. The number of hydrogen-bond acceptors (Lipinski definition) is 5. The summed E-state index contributed by atoms with van der Waals surface area (Å²) in [4.78, 5) is 0. The first-order valence-corrected chi connectivity index (χ1v) is 5.93. The number of aromatic nitrogens is 2. The molecule has 1 aliphatic carbocycles. The molecule has 90 valence electrons. The molecule has 16 heavy (non-hydrogen) atoms. The quantitative estimate of drug-likeness (QED) is 0.773. The summed E-state index contributed by atoms with van der Waals surface area (Å²) in [5.41, 5.74) is -0.00623. The van der Waals surface area contributed by atoms with Gasteiger partial charge in [-0.15, -0.1) is 5.10 Å². The predicted molar refractivity (Wildman–Crippen MR) is 62.2 cm³/mol. The highest BCUT2D eigenvalue weighted by molar-refractivity contribution is 5.22. The summed E-state index contributed by atoms with van der Waals surface area (Å²) in [6.07, 6.45) is 3.54. The third kappa shape index (κ3) is 3.20. The van der Waals surface area contributed by atoms with Crippen molar-refractivity contribution in [3.8, 4) is 0 Å². The van der Waals surface area contributed by atoms with E-state index in [1.807, 2.05) is 0 Å². The highest BCUT2D eigenvalue weighted by Gasteiger charge is 2.22. The molecule has 0 spiro atoms. The zero-order valence-corrected chi connectivity index (χ0v) is 10.2. The van der Waals surface area contributed by atoms with E-state index >= 15 is 0 Å². The van der Waals surface area contributed by atoms with Crippen molar-refractivity contribution < 1.29 is 4.42 Å². The van der Waals surface area contributed by atoms with Crippen LogP contribution in [-0.2, 0) is 6.54 Å². The van der Waals surface area contributed by atoms with Gasteiger partial charge in [0.25, 0.3) is 0 Å². The minimum atomic E-state index is -0.00623. The van der Waals surface area contributed by atoms with E-state index in [1.54, 1.807) is 0 Å². The number of nitrogens with zero attached hydrogens (tertiary/aromatic N) is 2. The molecule has 1 aromatic rings. The Kier molecular flexibility index (Phi) is 3.14. The highest BCUT2D eigenvalue weighted by Crippen LogP contribution is 2.20. The lowest BCUT2D eigenvalue weighted by Crippen LogP contribution is -2.29. The average Bonchev–Trinajstić information content (AvgIpc) is 2.97. The van der Waals surface area contributed by atoms with Gasteiger partial charge in [0.15, 0.2) is 0 Å². The second kappa shape index (κ2) is 4.41. The fraction of sp³-hybridized carbons (Fsp3) is 0.818. The molecule has 0 amide bonds. The Morgan fingerprint density at radius 2 is 2.12 bits per heavy atom. The van der Waals surface area contributed by atoms with Gasteiger partial charge in [0.2, 0.25) is 5.89 Å². The van der Waals surface area contributed by atoms with Gasteiger partial charge in [0.05, 0.1) is 6.54 Å². The second-order valence-corrected chi connectivity index (χ2v) is 5.02. The molecule has 1 aromatic heterocycles. The second-order valence-electron chi connectivity index (χ2n) is 5.02. The number of hydrogen-bond donors (Lipinski definition) is 2. The van der Waals surface area contributed by atoms with Gasteiger partial charge in [-0.2, -0.15) is 0 Å². The Morgan fingerprint density at radius 3 is 2.75 bits per heavy atom. The standard InChI is InChI=1S/C11H20N4O/c1-4-11(2,3)13-10-15-14-9(16-10)7-12-8-5-6-8/h8,12H,4-7H2,1-3H3,(H,13,15). The van der Waals surface area contributed by atoms with Gasteiger partial charge in [-0.3, -0.25) is 0 Å². The van der Waals surface area contributed by atoms with Crippen molar-refractivity contribution in [2.75, 3.05) is 5.32 Å². The monoisotopic (exact) mass is 224 g/mol. The molecule has 0 saturated heterocycles.